The average molecular weight is 551 g/mol. The first-order valence-corrected chi connectivity index (χ1v) is 14.2. The summed E-state index contributed by atoms with van der Waals surface area (Å²) < 4.78 is 37.6. The Hall–Kier alpha value is -3.37. The van der Waals surface area contributed by atoms with Crippen molar-refractivity contribution in [2.75, 3.05) is 31.6 Å². The Morgan fingerprint density at radius 2 is 1.88 bits per heavy atom. The van der Waals surface area contributed by atoms with Crippen LogP contribution >= 0.6 is 0 Å². The van der Waals surface area contributed by atoms with Crippen LogP contribution in [-0.4, -0.2) is 75.7 Å². The van der Waals surface area contributed by atoms with Gasteiger partial charge in [-0.15, -0.1) is 0 Å². The fraction of sp³-hybridized carbons (Fsp3) is 0.500. The zero-order chi connectivity index (χ0) is 27.9. The second kappa shape index (κ2) is 10.9. The molecule has 6 rings (SSSR count). The van der Waals surface area contributed by atoms with E-state index in [1.54, 1.807) is 43.2 Å². The summed E-state index contributed by atoms with van der Waals surface area (Å²) in [5.74, 6) is -0.955. The number of nitrogens with one attached hydrogen (secondary N) is 2. The van der Waals surface area contributed by atoms with Crippen molar-refractivity contribution < 1.29 is 18.3 Å². The summed E-state index contributed by atoms with van der Waals surface area (Å²) in [4.78, 5) is 19.2. The van der Waals surface area contributed by atoms with Gasteiger partial charge in [0.15, 0.2) is 0 Å². The number of alkyl halides is 1. The Morgan fingerprint density at radius 3 is 2.62 bits per heavy atom. The molecule has 0 radical (unpaired) electrons. The number of nitrogens with zero attached hydrogens (tertiary/aromatic N) is 4. The number of pyridine rings is 1. The van der Waals surface area contributed by atoms with Gasteiger partial charge in [-0.1, -0.05) is 0 Å². The highest BCUT2D eigenvalue weighted by Crippen LogP contribution is 2.32. The van der Waals surface area contributed by atoms with E-state index >= 15 is 4.39 Å². The van der Waals surface area contributed by atoms with E-state index in [1.807, 2.05) is 12.3 Å². The number of aryl methyl sites for hydroxylation is 1. The summed E-state index contributed by atoms with van der Waals surface area (Å²) >= 11 is 0. The molecule has 2 atom stereocenters. The van der Waals surface area contributed by atoms with Crippen LogP contribution in [0.15, 0.2) is 43.0 Å². The van der Waals surface area contributed by atoms with Gasteiger partial charge in [-0.05, 0) is 69.7 Å². The molecule has 40 heavy (non-hydrogen) atoms. The predicted molar refractivity (Wildman–Crippen MR) is 149 cm³/mol. The minimum absolute atomic E-state index is 0.00885. The SMILES string of the molecule is Cc1cc(F)c(C(=O)NC2CC2)cc1-n1cc(-c2cncc(NC3CCN(C4CCOCC4)CC3(C)F)c2)cn1. The van der Waals surface area contributed by atoms with Crippen molar-refractivity contribution in [3.63, 3.8) is 0 Å². The molecule has 1 aromatic carbocycles. The summed E-state index contributed by atoms with van der Waals surface area (Å²) in [7, 11) is 0. The Morgan fingerprint density at radius 1 is 1.07 bits per heavy atom. The van der Waals surface area contributed by atoms with E-state index in [1.165, 1.54) is 6.07 Å². The molecular formula is C30H36F2N6O2. The number of rotatable bonds is 7. The number of anilines is 1. The van der Waals surface area contributed by atoms with Crippen molar-refractivity contribution in [3.05, 3.63) is 59.9 Å². The topological polar surface area (TPSA) is 84.3 Å². The van der Waals surface area contributed by atoms with E-state index in [9.17, 15) is 9.18 Å². The average Bonchev–Trinajstić information content (AvgIpc) is 3.62. The van der Waals surface area contributed by atoms with E-state index in [2.05, 4.69) is 25.6 Å². The van der Waals surface area contributed by atoms with E-state index in [4.69, 9.17) is 4.74 Å². The molecule has 2 N–H and O–H groups in total. The van der Waals surface area contributed by atoms with Gasteiger partial charge in [0.1, 0.15) is 11.5 Å². The summed E-state index contributed by atoms with van der Waals surface area (Å²) in [6.45, 7) is 6.21. The number of hydrogen-bond donors (Lipinski definition) is 2. The number of likely N-dealkylation sites (tertiary alicyclic amines) is 1. The number of halogens is 2. The van der Waals surface area contributed by atoms with Crippen LogP contribution < -0.4 is 10.6 Å². The highest BCUT2D eigenvalue weighted by molar-refractivity contribution is 5.95. The zero-order valence-corrected chi connectivity index (χ0v) is 23.0. The number of carbonyl (C=O) groups is 1. The zero-order valence-electron chi connectivity index (χ0n) is 23.0. The Balaban J connectivity index is 1.17. The van der Waals surface area contributed by atoms with Crippen LogP contribution in [0, 0.1) is 12.7 Å². The molecule has 1 saturated carbocycles. The second-order valence-corrected chi connectivity index (χ2v) is 11.6. The maximum absolute atomic E-state index is 15.8. The number of ether oxygens (including phenoxy) is 1. The molecule has 2 unspecified atom stereocenters. The third-order valence-corrected chi connectivity index (χ3v) is 8.34. The summed E-state index contributed by atoms with van der Waals surface area (Å²) in [6.07, 6.45) is 11.5. The number of amides is 1. The molecule has 10 heteroatoms. The molecule has 2 saturated heterocycles. The molecule has 2 aromatic heterocycles. The highest BCUT2D eigenvalue weighted by atomic mass is 19.1. The van der Waals surface area contributed by atoms with Crippen LogP contribution in [0.5, 0.6) is 0 Å². The normalized spacial score (nSPS) is 24.1. The molecule has 3 aromatic rings. The van der Waals surface area contributed by atoms with Gasteiger partial charge in [0.25, 0.3) is 5.91 Å². The third-order valence-electron chi connectivity index (χ3n) is 8.34. The first kappa shape index (κ1) is 26.8. The Labute approximate surface area is 233 Å². The minimum Gasteiger partial charge on any atom is -0.381 e. The monoisotopic (exact) mass is 550 g/mol. The largest absolute Gasteiger partial charge is 0.381 e. The molecule has 8 nitrogen and oxygen atoms in total. The standard InChI is InChI=1S/C30H36F2N6O2/c1-19-11-26(31)25(29(39)36-22-3-4-22)13-27(19)38-17-21(15-34-38)20-12-23(16-33-14-20)35-28-5-8-37(18-30(28,2)32)24-6-9-40-10-7-24/h11-17,22,24,28,35H,3-10,18H2,1-2H3,(H,36,39). The molecule has 212 valence electrons. The van der Waals surface area contributed by atoms with E-state index in [-0.39, 0.29) is 17.6 Å². The van der Waals surface area contributed by atoms with Crippen LogP contribution in [0.25, 0.3) is 16.8 Å². The molecule has 1 aliphatic carbocycles. The van der Waals surface area contributed by atoms with Crippen molar-refractivity contribution in [1.82, 2.24) is 25.0 Å². The summed E-state index contributed by atoms with van der Waals surface area (Å²) in [5.41, 5.74) is 2.29. The van der Waals surface area contributed by atoms with Gasteiger partial charge >= 0.3 is 0 Å². The highest BCUT2D eigenvalue weighted by Gasteiger charge is 2.42. The Bertz CT molecular complexity index is 1380. The van der Waals surface area contributed by atoms with Crippen molar-refractivity contribution >= 4 is 11.6 Å². The molecule has 3 aliphatic rings. The van der Waals surface area contributed by atoms with Gasteiger partial charge in [-0.25, -0.2) is 13.5 Å². The van der Waals surface area contributed by atoms with Crippen LogP contribution in [0.3, 0.4) is 0 Å². The molecule has 4 heterocycles. The maximum Gasteiger partial charge on any atom is 0.254 e. The molecule has 2 aliphatic heterocycles. The van der Waals surface area contributed by atoms with Crippen LogP contribution in [0.4, 0.5) is 14.5 Å². The van der Waals surface area contributed by atoms with Crippen LogP contribution in [0.1, 0.15) is 54.9 Å². The molecular weight excluding hydrogens is 514 g/mol. The fourth-order valence-electron chi connectivity index (χ4n) is 5.82. The quantitative estimate of drug-likeness (QED) is 0.445. The minimum atomic E-state index is -1.39. The number of benzene rings is 1. The van der Waals surface area contributed by atoms with Crippen molar-refractivity contribution in [1.29, 1.82) is 0 Å². The Kier molecular flexibility index (Phi) is 7.31. The van der Waals surface area contributed by atoms with Crippen molar-refractivity contribution in [2.24, 2.45) is 0 Å². The molecule has 0 bridgehead atoms. The molecule has 3 fully saturated rings. The predicted octanol–water partition coefficient (Wildman–Crippen LogP) is 4.67. The van der Waals surface area contributed by atoms with Crippen molar-refractivity contribution in [3.8, 4) is 16.8 Å². The first-order chi connectivity index (χ1) is 19.3. The number of hydrogen-bond acceptors (Lipinski definition) is 6. The molecule has 0 spiro atoms. The lowest BCUT2D eigenvalue weighted by Crippen LogP contribution is -2.58. The maximum atomic E-state index is 15.8. The van der Waals surface area contributed by atoms with E-state index in [0.717, 1.165) is 62.3 Å². The van der Waals surface area contributed by atoms with Gasteiger partial charge in [0, 0.05) is 68.1 Å². The fourth-order valence-corrected chi connectivity index (χ4v) is 5.82. The van der Waals surface area contributed by atoms with E-state index in [0.29, 0.717) is 30.3 Å². The second-order valence-electron chi connectivity index (χ2n) is 11.6. The van der Waals surface area contributed by atoms with Gasteiger partial charge in [0.2, 0.25) is 0 Å². The van der Waals surface area contributed by atoms with Crippen LogP contribution in [0.2, 0.25) is 0 Å². The van der Waals surface area contributed by atoms with Gasteiger partial charge in [-0.3, -0.25) is 14.7 Å². The first-order valence-electron chi connectivity index (χ1n) is 14.2. The van der Waals surface area contributed by atoms with Gasteiger partial charge in [0.05, 0.1) is 29.2 Å². The number of aromatic nitrogens is 3. The van der Waals surface area contributed by atoms with Gasteiger partial charge < -0.3 is 15.4 Å². The van der Waals surface area contributed by atoms with Gasteiger partial charge in [-0.2, -0.15) is 5.10 Å². The smallest absolute Gasteiger partial charge is 0.254 e. The lowest BCUT2D eigenvalue weighted by Gasteiger charge is -2.45. The lowest BCUT2D eigenvalue weighted by atomic mass is 9.88. The van der Waals surface area contributed by atoms with Crippen molar-refractivity contribution in [2.45, 2.75) is 69.7 Å². The third kappa shape index (κ3) is 5.74. The molecule has 1 amide bonds. The van der Waals surface area contributed by atoms with E-state index < -0.39 is 17.4 Å². The van der Waals surface area contributed by atoms with Crippen LogP contribution in [-0.2, 0) is 4.74 Å². The lowest BCUT2D eigenvalue weighted by molar-refractivity contribution is -0.0169. The summed E-state index contributed by atoms with van der Waals surface area (Å²) in [5, 5.41) is 10.7. The summed E-state index contributed by atoms with van der Waals surface area (Å²) in [6, 6.07) is 5.05. The number of carbonyl (C=O) groups excluding carboxylic acids is 1. The number of piperidine rings is 1.